The maximum Gasteiger partial charge on any atom is 0.124 e. The number of aryl methyl sites for hydroxylation is 2. The summed E-state index contributed by atoms with van der Waals surface area (Å²) in [5, 5.41) is 9.18. The monoisotopic (exact) mass is 379 g/mol. The molecule has 0 spiro atoms. The Kier molecular flexibility index (Phi) is 4.29. The minimum absolute atomic E-state index is 0.341. The maximum absolute atomic E-state index is 9.18. The molecular formula is C15H11BrClN3S. The number of benzene rings is 1. The number of nitrogens with zero attached hydrogens (tertiary/aromatic N) is 3. The summed E-state index contributed by atoms with van der Waals surface area (Å²) >= 11 is 11.2. The van der Waals surface area contributed by atoms with E-state index >= 15 is 0 Å². The van der Waals surface area contributed by atoms with Crippen molar-refractivity contribution in [1.82, 2.24) is 9.55 Å². The van der Waals surface area contributed by atoms with Gasteiger partial charge in [0.15, 0.2) is 0 Å². The van der Waals surface area contributed by atoms with Crippen LogP contribution in [-0.4, -0.2) is 9.55 Å². The number of aromatic nitrogens is 2. The van der Waals surface area contributed by atoms with Gasteiger partial charge in [-0.05, 0) is 46.6 Å². The van der Waals surface area contributed by atoms with E-state index in [0.29, 0.717) is 11.4 Å². The van der Waals surface area contributed by atoms with E-state index in [4.69, 9.17) is 11.6 Å². The zero-order valence-corrected chi connectivity index (χ0v) is 14.2. The van der Waals surface area contributed by atoms with Crippen LogP contribution in [0.25, 0.3) is 11.0 Å². The SMILES string of the molecule is N#Cc1cccc2c1nc(CCl)n2CCc1ccc(Br)s1. The van der Waals surface area contributed by atoms with Crippen LogP contribution in [0.3, 0.4) is 0 Å². The number of hydrogen-bond donors (Lipinski definition) is 0. The van der Waals surface area contributed by atoms with Gasteiger partial charge in [-0.15, -0.1) is 22.9 Å². The number of fused-ring (bicyclic) bond motifs is 1. The fraction of sp³-hybridized carbons (Fsp3) is 0.200. The van der Waals surface area contributed by atoms with Gasteiger partial charge in [-0.2, -0.15) is 5.26 Å². The average molecular weight is 381 g/mol. The highest BCUT2D eigenvalue weighted by molar-refractivity contribution is 9.11. The molecular weight excluding hydrogens is 370 g/mol. The topological polar surface area (TPSA) is 41.6 Å². The van der Waals surface area contributed by atoms with Gasteiger partial charge in [-0.3, -0.25) is 0 Å². The van der Waals surface area contributed by atoms with Crippen LogP contribution in [0, 0.1) is 11.3 Å². The summed E-state index contributed by atoms with van der Waals surface area (Å²) < 4.78 is 3.24. The lowest BCUT2D eigenvalue weighted by Gasteiger charge is -2.06. The summed E-state index contributed by atoms with van der Waals surface area (Å²) in [6.07, 6.45) is 0.919. The lowest BCUT2D eigenvalue weighted by molar-refractivity contribution is 0.693. The van der Waals surface area contributed by atoms with Crippen LogP contribution in [-0.2, 0) is 18.8 Å². The number of halogens is 2. The molecule has 0 fully saturated rings. The number of para-hydroxylation sites is 1. The third kappa shape index (κ3) is 2.84. The number of imidazole rings is 1. The molecule has 0 unspecified atom stereocenters. The van der Waals surface area contributed by atoms with Gasteiger partial charge in [-0.25, -0.2) is 4.98 Å². The molecule has 3 rings (SSSR count). The molecule has 0 radical (unpaired) electrons. The predicted molar refractivity (Wildman–Crippen MR) is 89.7 cm³/mol. The minimum atomic E-state index is 0.341. The van der Waals surface area contributed by atoms with E-state index in [0.717, 1.165) is 33.6 Å². The predicted octanol–water partition coefficient (Wildman–Crippen LogP) is 4.71. The summed E-state index contributed by atoms with van der Waals surface area (Å²) in [4.78, 5) is 5.83. The van der Waals surface area contributed by atoms with Crippen molar-refractivity contribution in [2.24, 2.45) is 0 Å². The van der Waals surface area contributed by atoms with Crippen molar-refractivity contribution >= 4 is 49.9 Å². The standard InChI is InChI=1S/C15H11BrClN3S/c16-13-5-4-11(21-13)6-7-20-12-3-1-2-10(9-18)15(12)19-14(20)8-17/h1-5H,6-8H2. The Bertz CT molecular complexity index is 831. The van der Waals surface area contributed by atoms with Gasteiger partial charge >= 0.3 is 0 Å². The quantitative estimate of drug-likeness (QED) is 0.615. The largest absolute Gasteiger partial charge is 0.327 e. The van der Waals surface area contributed by atoms with E-state index in [-0.39, 0.29) is 0 Å². The Hall–Kier alpha value is -1.35. The third-order valence-electron chi connectivity index (χ3n) is 3.31. The second-order valence-corrected chi connectivity index (χ2v) is 7.37. The normalized spacial score (nSPS) is 10.9. The Morgan fingerprint density at radius 1 is 1.33 bits per heavy atom. The van der Waals surface area contributed by atoms with Crippen molar-refractivity contribution in [2.75, 3.05) is 0 Å². The molecule has 0 saturated heterocycles. The van der Waals surface area contributed by atoms with Gasteiger partial charge < -0.3 is 4.57 Å². The van der Waals surface area contributed by atoms with Crippen LogP contribution < -0.4 is 0 Å². The van der Waals surface area contributed by atoms with Gasteiger partial charge in [0.25, 0.3) is 0 Å². The molecule has 0 atom stereocenters. The fourth-order valence-corrected chi connectivity index (χ4v) is 4.02. The van der Waals surface area contributed by atoms with Crippen LogP contribution in [0.5, 0.6) is 0 Å². The zero-order valence-electron chi connectivity index (χ0n) is 11.0. The first-order chi connectivity index (χ1) is 10.2. The highest BCUT2D eigenvalue weighted by Crippen LogP contribution is 2.25. The highest BCUT2D eigenvalue weighted by atomic mass is 79.9. The first-order valence-electron chi connectivity index (χ1n) is 6.41. The summed E-state index contributed by atoms with van der Waals surface area (Å²) in [7, 11) is 0. The molecule has 21 heavy (non-hydrogen) atoms. The number of nitriles is 1. The second kappa shape index (κ2) is 6.18. The van der Waals surface area contributed by atoms with Gasteiger partial charge in [-0.1, -0.05) is 6.07 Å². The minimum Gasteiger partial charge on any atom is -0.327 e. The third-order valence-corrected chi connectivity index (χ3v) is 5.23. The van der Waals surface area contributed by atoms with Crippen LogP contribution in [0.15, 0.2) is 34.1 Å². The molecule has 0 saturated carbocycles. The molecule has 106 valence electrons. The van der Waals surface area contributed by atoms with E-state index in [1.807, 2.05) is 12.1 Å². The molecule has 0 aliphatic carbocycles. The van der Waals surface area contributed by atoms with Gasteiger partial charge in [0.05, 0.1) is 20.7 Å². The summed E-state index contributed by atoms with van der Waals surface area (Å²) in [6.45, 7) is 0.806. The lowest BCUT2D eigenvalue weighted by atomic mass is 10.2. The van der Waals surface area contributed by atoms with Crippen molar-refractivity contribution in [3.05, 3.63) is 50.4 Å². The van der Waals surface area contributed by atoms with Crippen LogP contribution in [0.2, 0.25) is 0 Å². The van der Waals surface area contributed by atoms with Crippen molar-refractivity contribution in [2.45, 2.75) is 18.8 Å². The van der Waals surface area contributed by atoms with Crippen LogP contribution in [0.1, 0.15) is 16.3 Å². The molecule has 1 aromatic carbocycles. The fourth-order valence-electron chi connectivity index (χ4n) is 2.34. The van der Waals surface area contributed by atoms with Crippen LogP contribution in [0.4, 0.5) is 0 Å². The summed E-state index contributed by atoms with van der Waals surface area (Å²) in [5.74, 6) is 1.15. The molecule has 0 N–H and O–H groups in total. The van der Waals surface area contributed by atoms with Crippen molar-refractivity contribution in [3.8, 4) is 6.07 Å². The molecule has 0 aliphatic rings. The first kappa shape index (κ1) is 14.6. The molecule has 2 heterocycles. The molecule has 0 bridgehead atoms. The Morgan fingerprint density at radius 3 is 2.86 bits per heavy atom. The highest BCUT2D eigenvalue weighted by Gasteiger charge is 2.13. The maximum atomic E-state index is 9.18. The van der Waals surface area contributed by atoms with E-state index in [2.05, 4.69) is 43.7 Å². The molecule has 2 aromatic heterocycles. The number of alkyl halides is 1. The van der Waals surface area contributed by atoms with E-state index in [9.17, 15) is 5.26 Å². The molecule has 0 amide bonds. The van der Waals surface area contributed by atoms with Crippen molar-refractivity contribution < 1.29 is 0 Å². The number of hydrogen-bond acceptors (Lipinski definition) is 3. The lowest BCUT2D eigenvalue weighted by Crippen LogP contribution is -2.04. The van der Waals surface area contributed by atoms with Gasteiger partial charge in [0, 0.05) is 11.4 Å². The van der Waals surface area contributed by atoms with Gasteiger partial charge in [0.2, 0.25) is 0 Å². The smallest absolute Gasteiger partial charge is 0.124 e. The Labute approximate surface area is 139 Å². The van der Waals surface area contributed by atoms with Gasteiger partial charge in [0.1, 0.15) is 17.4 Å². The van der Waals surface area contributed by atoms with Crippen molar-refractivity contribution in [3.63, 3.8) is 0 Å². The number of rotatable bonds is 4. The summed E-state index contributed by atoms with van der Waals surface area (Å²) in [5.41, 5.74) is 2.31. The zero-order chi connectivity index (χ0) is 14.8. The Morgan fingerprint density at radius 2 is 2.19 bits per heavy atom. The van der Waals surface area contributed by atoms with Crippen molar-refractivity contribution in [1.29, 1.82) is 5.26 Å². The van der Waals surface area contributed by atoms with Crippen LogP contribution >= 0.6 is 38.9 Å². The molecule has 3 nitrogen and oxygen atoms in total. The molecule has 0 aliphatic heterocycles. The first-order valence-corrected chi connectivity index (χ1v) is 8.55. The molecule has 3 aromatic rings. The second-order valence-electron chi connectivity index (χ2n) is 4.55. The van der Waals surface area contributed by atoms with E-state index in [1.54, 1.807) is 17.4 Å². The average Bonchev–Trinajstić information content (AvgIpc) is 3.07. The number of thiophene rings is 1. The summed E-state index contributed by atoms with van der Waals surface area (Å²) in [6, 6.07) is 12.0. The van der Waals surface area contributed by atoms with E-state index in [1.165, 1.54) is 4.88 Å². The Balaban J connectivity index is 1.99. The van der Waals surface area contributed by atoms with E-state index < -0.39 is 0 Å². The molecule has 6 heteroatoms.